The molecule has 1 aromatic carbocycles. The minimum Gasteiger partial charge on any atom is -0.491 e. The fourth-order valence-electron chi connectivity index (χ4n) is 1.48. The van der Waals surface area contributed by atoms with Crippen LogP contribution >= 0.6 is 0 Å². The quantitative estimate of drug-likeness (QED) is 0.823. The zero-order valence-electron chi connectivity index (χ0n) is 10.0. The fourth-order valence-corrected chi connectivity index (χ4v) is 1.48. The van der Waals surface area contributed by atoms with E-state index in [-0.39, 0.29) is 12.1 Å². The molecule has 0 amide bonds. The van der Waals surface area contributed by atoms with E-state index in [4.69, 9.17) is 10.5 Å². The summed E-state index contributed by atoms with van der Waals surface area (Å²) in [7, 11) is 0. The van der Waals surface area contributed by atoms with Gasteiger partial charge in [-0.2, -0.15) is 0 Å². The molecule has 0 aliphatic carbocycles. The highest BCUT2D eigenvalue weighted by Gasteiger charge is 2.15. The summed E-state index contributed by atoms with van der Waals surface area (Å²) in [5, 5.41) is 0. The molecule has 1 rings (SSSR count). The highest BCUT2D eigenvalue weighted by Crippen LogP contribution is 2.28. The monoisotopic (exact) mass is 207 g/mol. The Balaban J connectivity index is 2.95. The lowest BCUT2D eigenvalue weighted by atomic mass is 9.96. The minimum atomic E-state index is 0.0416. The standard InChI is InChI=1S/C13H21NO/c1-9(2)13(14)11-7-5-6-8-12(11)15-10(3)4/h5-10,13H,14H2,1-4H3. The molecule has 0 heterocycles. The molecule has 2 heteroatoms. The summed E-state index contributed by atoms with van der Waals surface area (Å²) in [5.41, 5.74) is 7.23. The van der Waals surface area contributed by atoms with E-state index in [1.807, 2.05) is 38.1 Å². The van der Waals surface area contributed by atoms with Crippen molar-refractivity contribution in [2.75, 3.05) is 0 Å². The lowest BCUT2D eigenvalue weighted by Gasteiger charge is -2.21. The molecule has 84 valence electrons. The average molecular weight is 207 g/mol. The van der Waals surface area contributed by atoms with Crippen molar-refractivity contribution in [3.63, 3.8) is 0 Å². The van der Waals surface area contributed by atoms with Gasteiger partial charge in [-0.05, 0) is 25.8 Å². The summed E-state index contributed by atoms with van der Waals surface area (Å²) in [6, 6.07) is 8.05. The van der Waals surface area contributed by atoms with Crippen LogP contribution in [-0.4, -0.2) is 6.10 Å². The largest absolute Gasteiger partial charge is 0.491 e. The molecule has 0 fully saturated rings. The van der Waals surface area contributed by atoms with Gasteiger partial charge in [-0.15, -0.1) is 0 Å². The highest BCUT2D eigenvalue weighted by molar-refractivity contribution is 5.36. The van der Waals surface area contributed by atoms with Crippen LogP contribution < -0.4 is 10.5 Å². The maximum Gasteiger partial charge on any atom is 0.124 e. The number of nitrogens with two attached hydrogens (primary N) is 1. The first-order chi connectivity index (χ1) is 7.02. The van der Waals surface area contributed by atoms with Gasteiger partial charge in [0.1, 0.15) is 5.75 Å². The fraction of sp³-hybridized carbons (Fsp3) is 0.538. The summed E-state index contributed by atoms with van der Waals surface area (Å²) in [6.07, 6.45) is 0.186. The van der Waals surface area contributed by atoms with Gasteiger partial charge in [0.15, 0.2) is 0 Å². The van der Waals surface area contributed by atoms with Crippen LogP contribution in [0.15, 0.2) is 24.3 Å². The van der Waals surface area contributed by atoms with Crippen LogP contribution in [0.4, 0.5) is 0 Å². The van der Waals surface area contributed by atoms with Gasteiger partial charge in [-0.1, -0.05) is 32.0 Å². The van der Waals surface area contributed by atoms with E-state index in [9.17, 15) is 0 Å². The second kappa shape index (κ2) is 5.17. The first-order valence-corrected chi connectivity index (χ1v) is 5.53. The van der Waals surface area contributed by atoms with E-state index in [2.05, 4.69) is 13.8 Å². The lowest BCUT2D eigenvalue weighted by molar-refractivity contribution is 0.237. The summed E-state index contributed by atoms with van der Waals surface area (Å²) in [5.74, 6) is 1.33. The van der Waals surface area contributed by atoms with Crippen molar-refractivity contribution in [3.05, 3.63) is 29.8 Å². The molecule has 1 aromatic rings. The van der Waals surface area contributed by atoms with Gasteiger partial charge < -0.3 is 10.5 Å². The number of benzene rings is 1. The molecule has 0 aliphatic heterocycles. The molecule has 1 atom stereocenters. The van der Waals surface area contributed by atoms with Crippen LogP contribution in [0.1, 0.15) is 39.3 Å². The first-order valence-electron chi connectivity index (χ1n) is 5.53. The number of rotatable bonds is 4. The van der Waals surface area contributed by atoms with E-state index >= 15 is 0 Å². The Labute approximate surface area is 92.4 Å². The molecular formula is C13H21NO. The van der Waals surface area contributed by atoms with Crippen molar-refractivity contribution < 1.29 is 4.74 Å². The lowest BCUT2D eigenvalue weighted by Crippen LogP contribution is -2.19. The molecule has 0 radical (unpaired) electrons. The maximum absolute atomic E-state index is 6.13. The third-order valence-corrected chi connectivity index (χ3v) is 2.36. The van der Waals surface area contributed by atoms with Crippen molar-refractivity contribution >= 4 is 0 Å². The van der Waals surface area contributed by atoms with E-state index in [0.29, 0.717) is 5.92 Å². The molecule has 2 N–H and O–H groups in total. The number of hydrogen-bond acceptors (Lipinski definition) is 2. The van der Waals surface area contributed by atoms with Crippen LogP contribution in [0.5, 0.6) is 5.75 Å². The summed E-state index contributed by atoms with van der Waals surface area (Å²) < 4.78 is 5.74. The third kappa shape index (κ3) is 3.24. The van der Waals surface area contributed by atoms with E-state index in [0.717, 1.165) is 11.3 Å². The molecule has 15 heavy (non-hydrogen) atoms. The topological polar surface area (TPSA) is 35.2 Å². The molecule has 2 nitrogen and oxygen atoms in total. The van der Waals surface area contributed by atoms with Gasteiger partial charge in [-0.25, -0.2) is 0 Å². The van der Waals surface area contributed by atoms with Crippen molar-refractivity contribution in [3.8, 4) is 5.75 Å². The molecule has 0 spiro atoms. The van der Waals surface area contributed by atoms with Gasteiger partial charge in [0, 0.05) is 11.6 Å². The average Bonchev–Trinajstić information content (AvgIpc) is 2.16. The summed E-state index contributed by atoms with van der Waals surface area (Å²) in [4.78, 5) is 0. The Hall–Kier alpha value is -1.02. The Morgan fingerprint density at radius 3 is 2.20 bits per heavy atom. The zero-order valence-corrected chi connectivity index (χ0v) is 10.0. The number of hydrogen-bond donors (Lipinski definition) is 1. The van der Waals surface area contributed by atoms with Gasteiger partial charge in [0.2, 0.25) is 0 Å². The van der Waals surface area contributed by atoms with E-state index < -0.39 is 0 Å². The number of ether oxygens (including phenoxy) is 1. The molecule has 0 bridgehead atoms. The van der Waals surface area contributed by atoms with E-state index in [1.165, 1.54) is 0 Å². The van der Waals surface area contributed by atoms with Crippen molar-refractivity contribution in [1.29, 1.82) is 0 Å². The first kappa shape index (κ1) is 12.1. The SMILES string of the molecule is CC(C)Oc1ccccc1C(N)C(C)C. The second-order valence-corrected chi connectivity index (χ2v) is 4.47. The Morgan fingerprint density at radius 2 is 1.67 bits per heavy atom. The summed E-state index contributed by atoms with van der Waals surface area (Å²) >= 11 is 0. The van der Waals surface area contributed by atoms with Gasteiger partial charge in [-0.3, -0.25) is 0 Å². The second-order valence-electron chi connectivity index (χ2n) is 4.47. The Morgan fingerprint density at radius 1 is 1.07 bits per heavy atom. The normalized spacial score (nSPS) is 13.3. The van der Waals surface area contributed by atoms with Crippen molar-refractivity contribution in [1.82, 2.24) is 0 Å². The minimum absolute atomic E-state index is 0.0416. The van der Waals surface area contributed by atoms with Crippen molar-refractivity contribution in [2.45, 2.75) is 39.8 Å². The number of para-hydroxylation sites is 1. The molecule has 1 unspecified atom stereocenters. The molecule has 0 aliphatic rings. The smallest absolute Gasteiger partial charge is 0.124 e. The zero-order chi connectivity index (χ0) is 11.4. The molecular weight excluding hydrogens is 186 g/mol. The van der Waals surface area contributed by atoms with Crippen molar-refractivity contribution in [2.24, 2.45) is 11.7 Å². The molecule has 0 aromatic heterocycles. The Bertz CT molecular complexity index is 307. The maximum atomic E-state index is 6.13. The van der Waals surface area contributed by atoms with Crippen LogP contribution in [0.25, 0.3) is 0 Å². The van der Waals surface area contributed by atoms with E-state index in [1.54, 1.807) is 0 Å². The van der Waals surface area contributed by atoms with Crippen LogP contribution in [0, 0.1) is 5.92 Å². The predicted octanol–water partition coefficient (Wildman–Crippen LogP) is 3.13. The van der Waals surface area contributed by atoms with Crippen LogP contribution in [-0.2, 0) is 0 Å². The van der Waals surface area contributed by atoms with Gasteiger partial charge in [0.25, 0.3) is 0 Å². The van der Waals surface area contributed by atoms with Gasteiger partial charge >= 0.3 is 0 Å². The third-order valence-electron chi connectivity index (χ3n) is 2.36. The molecule has 0 saturated carbocycles. The Kier molecular flexibility index (Phi) is 4.15. The van der Waals surface area contributed by atoms with Gasteiger partial charge in [0.05, 0.1) is 6.10 Å². The predicted molar refractivity (Wildman–Crippen MR) is 64.0 cm³/mol. The molecule has 0 saturated heterocycles. The van der Waals surface area contributed by atoms with Crippen LogP contribution in [0.2, 0.25) is 0 Å². The van der Waals surface area contributed by atoms with Crippen LogP contribution in [0.3, 0.4) is 0 Å². The highest BCUT2D eigenvalue weighted by atomic mass is 16.5. The summed E-state index contributed by atoms with van der Waals surface area (Å²) in [6.45, 7) is 8.29.